The molecule has 1 aliphatic rings. The summed E-state index contributed by atoms with van der Waals surface area (Å²) in [6.45, 7) is -0.453. The van der Waals surface area contributed by atoms with Gasteiger partial charge in [-0.15, -0.1) is 10.2 Å². The number of likely N-dealkylation sites (N-methyl/N-ethyl adjacent to an activating group) is 1. The van der Waals surface area contributed by atoms with Crippen LogP contribution in [0.5, 0.6) is 0 Å². The number of halogens is 6. The first-order valence-electron chi connectivity index (χ1n) is 11.5. The SMILES string of the molecule is CN1CCCCC(OCc2ccccc2)(C(F)(F)F)c2nnc(o2)-c2nc(c(C(F)(F)F)cc2N)CC1=O. The molecule has 0 aliphatic carbocycles. The quantitative estimate of drug-likeness (QED) is 0.469. The van der Waals surface area contributed by atoms with Gasteiger partial charge in [0, 0.05) is 13.6 Å². The second kappa shape index (κ2) is 10.2. The second-order valence-corrected chi connectivity index (χ2v) is 8.88. The molecule has 0 fully saturated rings. The number of nitrogens with two attached hydrogens (primary N) is 1. The minimum atomic E-state index is -5.02. The number of amides is 1. The van der Waals surface area contributed by atoms with Crippen LogP contribution in [0, 0.1) is 0 Å². The van der Waals surface area contributed by atoms with Gasteiger partial charge in [0.25, 0.3) is 11.8 Å². The molecule has 3 aromatic rings. The van der Waals surface area contributed by atoms with Crippen molar-refractivity contribution in [1.29, 1.82) is 0 Å². The predicted octanol–water partition coefficient (Wildman–Crippen LogP) is 4.89. The lowest BCUT2D eigenvalue weighted by molar-refractivity contribution is -0.300. The molecule has 0 saturated heterocycles. The van der Waals surface area contributed by atoms with Crippen molar-refractivity contribution in [3.05, 3.63) is 59.1 Å². The van der Waals surface area contributed by atoms with Crippen LogP contribution in [0.3, 0.4) is 0 Å². The minimum Gasteiger partial charge on any atom is -0.416 e. The lowest BCUT2D eigenvalue weighted by Crippen LogP contribution is -2.45. The number of nitrogens with zero attached hydrogens (tertiary/aromatic N) is 4. The average molecular weight is 543 g/mol. The van der Waals surface area contributed by atoms with Crippen molar-refractivity contribution in [2.75, 3.05) is 19.3 Å². The Hall–Kier alpha value is -3.68. The smallest absolute Gasteiger partial charge is 0.416 e. The van der Waals surface area contributed by atoms with Crippen LogP contribution in [0.15, 0.2) is 40.8 Å². The van der Waals surface area contributed by atoms with E-state index in [1.54, 1.807) is 30.3 Å². The maximum absolute atomic E-state index is 14.7. The summed E-state index contributed by atoms with van der Waals surface area (Å²) in [5, 5.41) is 7.20. The highest BCUT2D eigenvalue weighted by molar-refractivity contribution is 5.79. The zero-order chi connectivity index (χ0) is 27.7. The fourth-order valence-electron chi connectivity index (χ4n) is 4.09. The molecule has 4 bridgehead atoms. The Kier molecular flexibility index (Phi) is 7.37. The molecule has 1 unspecified atom stereocenters. The molecule has 1 aromatic carbocycles. The zero-order valence-electron chi connectivity index (χ0n) is 20.1. The summed E-state index contributed by atoms with van der Waals surface area (Å²) < 4.78 is 95.9. The number of pyridine rings is 1. The van der Waals surface area contributed by atoms with Crippen LogP contribution in [0.25, 0.3) is 11.6 Å². The number of hydrogen-bond donors (Lipinski definition) is 1. The van der Waals surface area contributed by atoms with E-state index in [1.165, 1.54) is 7.05 Å². The summed E-state index contributed by atoms with van der Waals surface area (Å²) in [7, 11) is 1.35. The van der Waals surface area contributed by atoms with Crippen LogP contribution < -0.4 is 5.73 Å². The van der Waals surface area contributed by atoms with E-state index in [0.717, 1.165) is 4.90 Å². The highest BCUT2D eigenvalue weighted by Crippen LogP contribution is 2.47. The third-order valence-electron chi connectivity index (χ3n) is 6.21. The van der Waals surface area contributed by atoms with E-state index >= 15 is 0 Å². The van der Waals surface area contributed by atoms with Gasteiger partial charge in [-0.05, 0) is 30.9 Å². The number of nitrogen functional groups attached to an aromatic ring is 1. The number of ether oxygens (including phenoxy) is 1. The van der Waals surface area contributed by atoms with Crippen molar-refractivity contribution in [1.82, 2.24) is 20.1 Å². The molecule has 1 aliphatic heterocycles. The predicted molar refractivity (Wildman–Crippen MR) is 121 cm³/mol. The van der Waals surface area contributed by atoms with Gasteiger partial charge in [0.1, 0.15) is 0 Å². The van der Waals surface area contributed by atoms with E-state index in [1.807, 2.05) is 0 Å². The Morgan fingerprint density at radius 3 is 2.47 bits per heavy atom. The van der Waals surface area contributed by atoms with Gasteiger partial charge in [0.05, 0.1) is 30.0 Å². The molecule has 1 amide bonds. The zero-order valence-corrected chi connectivity index (χ0v) is 20.1. The highest BCUT2D eigenvalue weighted by atomic mass is 19.4. The Morgan fingerprint density at radius 1 is 1.11 bits per heavy atom. The molecule has 0 radical (unpaired) electrons. The standard InChI is InChI=1S/C24H23F6N5O3/c1-35-10-6-5-9-22(24(28,29)30,37-13-14-7-3-2-4-8-14)21-34-33-20(38-21)19-16(31)11-15(23(25,26)27)17(32-19)12-18(35)36/h2-4,7-8,11H,5-6,9-10,12-13,31H2,1H3. The van der Waals surface area contributed by atoms with Gasteiger partial charge < -0.3 is 19.8 Å². The summed E-state index contributed by atoms with van der Waals surface area (Å²) in [5.74, 6) is -2.27. The number of hydrogen-bond acceptors (Lipinski definition) is 7. The number of alkyl halides is 6. The maximum atomic E-state index is 14.7. The molecule has 0 saturated carbocycles. The Bertz CT molecular complexity index is 1290. The molecule has 38 heavy (non-hydrogen) atoms. The Balaban J connectivity index is 1.86. The Morgan fingerprint density at radius 2 is 1.82 bits per heavy atom. The molecule has 0 spiro atoms. The minimum absolute atomic E-state index is 0.0102. The Labute approximate surface area is 212 Å². The molecule has 8 nitrogen and oxygen atoms in total. The van der Waals surface area contributed by atoms with Crippen molar-refractivity contribution in [2.45, 2.75) is 50.2 Å². The monoisotopic (exact) mass is 543 g/mol. The third-order valence-corrected chi connectivity index (χ3v) is 6.21. The van der Waals surface area contributed by atoms with E-state index in [9.17, 15) is 31.1 Å². The summed E-state index contributed by atoms with van der Waals surface area (Å²) in [6.07, 6.45) is -11.2. The molecule has 204 valence electrons. The third kappa shape index (κ3) is 5.44. The van der Waals surface area contributed by atoms with E-state index < -0.39 is 77.7 Å². The van der Waals surface area contributed by atoms with Gasteiger partial charge in [0.2, 0.25) is 11.5 Å². The van der Waals surface area contributed by atoms with Gasteiger partial charge >= 0.3 is 12.4 Å². The van der Waals surface area contributed by atoms with Crippen molar-refractivity contribution < 1.29 is 40.3 Å². The van der Waals surface area contributed by atoms with Crippen LogP contribution in [0.2, 0.25) is 0 Å². The fourth-order valence-corrected chi connectivity index (χ4v) is 4.09. The van der Waals surface area contributed by atoms with E-state index in [4.69, 9.17) is 14.9 Å². The molecule has 1 atom stereocenters. The number of carbonyl (C=O) groups is 1. The highest BCUT2D eigenvalue weighted by Gasteiger charge is 2.61. The first kappa shape index (κ1) is 27.4. The summed E-state index contributed by atoms with van der Waals surface area (Å²) in [6, 6.07) is 8.69. The molecule has 2 N–H and O–H groups in total. The molecule has 4 rings (SSSR count). The molecule has 14 heteroatoms. The normalized spacial score (nSPS) is 19.3. The first-order chi connectivity index (χ1) is 17.8. The van der Waals surface area contributed by atoms with Crippen LogP contribution >= 0.6 is 0 Å². The van der Waals surface area contributed by atoms with E-state index in [2.05, 4.69) is 15.2 Å². The molecular weight excluding hydrogens is 520 g/mol. The number of rotatable bonds is 3. The van der Waals surface area contributed by atoms with Crippen molar-refractivity contribution in [2.24, 2.45) is 0 Å². The van der Waals surface area contributed by atoms with Crippen LogP contribution in [-0.2, 0) is 34.3 Å². The summed E-state index contributed by atoms with van der Waals surface area (Å²) in [4.78, 5) is 17.7. The topological polar surface area (TPSA) is 107 Å². The van der Waals surface area contributed by atoms with Crippen molar-refractivity contribution in [3.8, 4) is 11.6 Å². The lowest BCUT2D eigenvalue weighted by Gasteiger charge is -2.33. The molecule has 3 heterocycles. The second-order valence-electron chi connectivity index (χ2n) is 8.88. The van der Waals surface area contributed by atoms with E-state index in [0.29, 0.717) is 11.6 Å². The van der Waals surface area contributed by atoms with Crippen LogP contribution in [0.4, 0.5) is 32.0 Å². The number of carbonyl (C=O) groups excluding carboxylic acids is 1. The van der Waals surface area contributed by atoms with Gasteiger partial charge in [-0.3, -0.25) is 4.79 Å². The molecular formula is C24H23F6N5O3. The van der Waals surface area contributed by atoms with Gasteiger partial charge in [-0.1, -0.05) is 30.3 Å². The molecule has 2 aromatic heterocycles. The van der Waals surface area contributed by atoms with Crippen molar-refractivity contribution >= 4 is 11.6 Å². The summed E-state index contributed by atoms with van der Waals surface area (Å²) >= 11 is 0. The first-order valence-corrected chi connectivity index (χ1v) is 11.5. The number of fused-ring (bicyclic) bond motifs is 5. The van der Waals surface area contributed by atoms with E-state index in [-0.39, 0.29) is 19.4 Å². The maximum Gasteiger partial charge on any atom is 0.426 e. The number of aromatic nitrogens is 3. The largest absolute Gasteiger partial charge is 0.426 e. The lowest BCUT2D eigenvalue weighted by atomic mass is 9.94. The fraction of sp³-hybridized carbons (Fsp3) is 0.417. The van der Waals surface area contributed by atoms with Gasteiger partial charge in [-0.2, -0.15) is 26.3 Å². The summed E-state index contributed by atoms with van der Waals surface area (Å²) in [5.41, 5.74) is 0.247. The van der Waals surface area contributed by atoms with Crippen molar-refractivity contribution in [3.63, 3.8) is 0 Å². The average Bonchev–Trinajstić information content (AvgIpc) is 3.33. The number of anilines is 1. The van der Waals surface area contributed by atoms with Crippen LogP contribution in [-0.4, -0.2) is 45.8 Å². The number of benzene rings is 1. The van der Waals surface area contributed by atoms with Gasteiger partial charge in [-0.25, -0.2) is 4.98 Å². The van der Waals surface area contributed by atoms with Crippen LogP contribution in [0.1, 0.15) is 42.0 Å². The van der Waals surface area contributed by atoms with Gasteiger partial charge in [0.15, 0.2) is 5.69 Å².